The number of rotatable bonds is 4. The molecule has 5 heteroatoms. The smallest absolute Gasteiger partial charge is 0.237 e. The molecule has 0 spiro atoms. The summed E-state index contributed by atoms with van der Waals surface area (Å²) in [6.07, 6.45) is 6.55. The van der Waals surface area contributed by atoms with Crippen LogP contribution in [0, 0.1) is 0 Å². The van der Waals surface area contributed by atoms with Crippen molar-refractivity contribution in [1.29, 1.82) is 0 Å². The van der Waals surface area contributed by atoms with Crippen molar-refractivity contribution in [1.82, 2.24) is 15.6 Å². The molecule has 1 aliphatic heterocycles. The van der Waals surface area contributed by atoms with E-state index in [2.05, 4.69) is 15.6 Å². The molecular weight excluding hydrogens is 246 g/mol. The van der Waals surface area contributed by atoms with Crippen molar-refractivity contribution in [3.05, 3.63) is 15.6 Å². The molecule has 1 aromatic rings. The maximum absolute atomic E-state index is 11.8. The molecule has 1 amide bonds. The molecule has 1 saturated heterocycles. The molecule has 0 saturated carbocycles. The third-order valence-corrected chi connectivity index (χ3v) is 4.87. The monoisotopic (exact) mass is 265 g/mol. The van der Waals surface area contributed by atoms with Crippen LogP contribution in [-0.4, -0.2) is 30.0 Å². The number of carbonyl (C=O) groups is 1. The molecular formula is C13H19N3OS. The van der Waals surface area contributed by atoms with Crippen molar-refractivity contribution in [2.45, 2.75) is 44.6 Å². The Labute approximate surface area is 111 Å². The van der Waals surface area contributed by atoms with Crippen molar-refractivity contribution < 1.29 is 4.79 Å². The summed E-state index contributed by atoms with van der Waals surface area (Å²) in [5.41, 5.74) is 1.30. The van der Waals surface area contributed by atoms with Crippen LogP contribution in [0.5, 0.6) is 0 Å². The van der Waals surface area contributed by atoms with Crippen LogP contribution in [0.25, 0.3) is 0 Å². The number of nitrogens with one attached hydrogen (secondary N) is 2. The highest BCUT2D eigenvalue weighted by molar-refractivity contribution is 7.11. The highest BCUT2D eigenvalue weighted by atomic mass is 32.1. The molecule has 0 radical (unpaired) electrons. The van der Waals surface area contributed by atoms with Crippen molar-refractivity contribution in [2.24, 2.45) is 0 Å². The summed E-state index contributed by atoms with van der Waals surface area (Å²) in [4.78, 5) is 17.9. The number of carbonyl (C=O) groups excluding carboxylic acids is 1. The maximum atomic E-state index is 11.8. The van der Waals surface area contributed by atoms with Crippen LogP contribution in [0.15, 0.2) is 0 Å². The van der Waals surface area contributed by atoms with E-state index in [0.29, 0.717) is 6.54 Å². The Kier molecular flexibility index (Phi) is 3.61. The molecule has 1 aliphatic carbocycles. The third kappa shape index (κ3) is 2.57. The fourth-order valence-corrected chi connectivity index (χ4v) is 3.83. The fourth-order valence-electron chi connectivity index (χ4n) is 2.67. The number of aryl methyl sites for hydroxylation is 2. The van der Waals surface area contributed by atoms with Gasteiger partial charge in [-0.2, -0.15) is 0 Å². The summed E-state index contributed by atoms with van der Waals surface area (Å²) in [6.45, 7) is 1.68. The minimum Gasteiger partial charge on any atom is -0.354 e. The van der Waals surface area contributed by atoms with E-state index in [1.54, 1.807) is 0 Å². The Morgan fingerprint density at radius 2 is 2.39 bits per heavy atom. The predicted octanol–water partition coefficient (Wildman–Crippen LogP) is 1.04. The van der Waals surface area contributed by atoms with E-state index < -0.39 is 0 Å². The number of thiazole rings is 1. The van der Waals surface area contributed by atoms with E-state index in [1.165, 1.54) is 28.4 Å². The molecule has 1 aromatic heterocycles. The summed E-state index contributed by atoms with van der Waals surface area (Å²) in [7, 11) is 0. The van der Waals surface area contributed by atoms with Gasteiger partial charge in [-0.15, -0.1) is 11.3 Å². The first kappa shape index (κ1) is 12.1. The average Bonchev–Trinajstić information content (AvgIpc) is 3.05. The summed E-state index contributed by atoms with van der Waals surface area (Å²) in [6, 6.07) is 0.0336. The fraction of sp³-hybridized carbons (Fsp3) is 0.692. The van der Waals surface area contributed by atoms with Crippen LogP contribution in [0.2, 0.25) is 0 Å². The number of fused-ring (bicyclic) bond motifs is 1. The zero-order valence-electron chi connectivity index (χ0n) is 10.5. The van der Waals surface area contributed by atoms with Crippen molar-refractivity contribution in [3.63, 3.8) is 0 Å². The standard InChI is InChI=1S/C13H19N3OS/c17-13(10-4-2-7-14-10)15-8-6-12-16-9-3-1-5-11(9)18-12/h10,14H,1-8H2,(H,15,17). The molecule has 1 fully saturated rings. The van der Waals surface area contributed by atoms with Gasteiger partial charge in [0.05, 0.1) is 16.7 Å². The molecule has 1 atom stereocenters. The van der Waals surface area contributed by atoms with Crippen LogP contribution >= 0.6 is 11.3 Å². The SMILES string of the molecule is O=C(NCCc1nc2c(s1)CCC2)C1CCCN1. The molecule has 2 aliphatic rings. The van der Waals surface area contributed by atoms with Gasteiger partial charge < -0.3 is 10.6 Å². The molecule has 18 heavy (non-hydrogen) atoms. The number of hydrogen-bond acceptors (Lipinski definition) is 4. The second-order valence-electron chi connectivity index (χ2n) is 5.02. The number of hydrogen-bond donors (Lipinski definition) is 2. The Balaban J connectivity index is 1.45. The number of aromatic nitrogens is 1. The van der Waals surface area contributed by atoms with Crippen LogP contribution in [0.4, 0.5) is 0 Å². The minimum atomic E-state index is 0.0336. The molecule has 1 unspecified atom stereocenters. The lowest BCUT2D eigenvalue weighted by atomic mass is 10.2. The second kappa shape index (κ2) is 5.36. The summed E-state index contributed by atoms with van der Waals surface area (Å²) in [5.74, 6) is 0.150. The summed E-state index contributed by atoms with van der Waals surface area (Å²) >= 11 is 1.83. The van der Waals surface area contributed by atoms with Crippen LogP contribution in [0.3, 0.4) is 0 Å². The van der Waals surface area contributed by atoms with Crippen molar-refractivity contribution in [3.8, 4) is 0 Å². The van der Waals surface area contributed by atoms with Gasteiger partial charge in [0.15, 0.2) is 0 Å². The summed E-state index contributed by atoms with van der Waals surface area (Å²) in [5, 5.41) is 7.39. The first-order valence-electron chi connectivity index (χ1n) is 6.81. The van der Waals surface area contributed by atoms with E-state index in [1.807, 2.05) is 11.3 Å². The lowest BCUT2D eigenvalue weighted by Crippen LogP contribution is -2.41. The Morgan fingerprint density at radius 3 is 3.17 bits per heavy atom. The topological polar surface area (TPSA) is 54.0 Å². The van der Waals surface area contributed by atoms with E-state index in [0.717, 1.165) is 32.2 Å². The quantitative estimate of drug-likeness (QED) is 0.855. The minimum absolute atomic E-state index is 0.0336. The van der Waals surface area contributed by atoms with Gasteiger partial charge in [-0.05, 0) is 38.6 Å². The van der Waals surface area contributed by atoms with Gasteiger partial charge in [0.2, 0.25) is 5.91 Å². The lowest BCUT2D eigenvalue weighted by molar-refractivity contribution is -0.122. The zero-order chi connectivity index (χ0) is 12.4. The van der Waals surface area contributed by atoms with E-state index >= 15 is 0 Å². The lowest BCUT2D eigenvalue weighted by Gasteiger charge is -2.10. The number of amides is 1. The number of nitrogens with zero attached hydrogens (tertiary/aromatic N) is 1. The van der Waals surface area contributed by atoms with E-state index in [-0.39, 0.29) is 11.9 Å². The first-order chi connectivity index (χ1) is 8.83. The van der Waals surface area contributed by atoms with E-state index in [9.17, 15) is 4.79 Å². The van der Waals surface area contributed by atoms with Gasteiger partial charge in [0.1, 0.15) is 0 Å². The second-order valence-corrected chi connectivity index (χ2v) is 6.19. The van der Waals surface area contributed by atoms with Gasteiger partial charge >= 0.3 is 0 Å². The average molecular weight is 265 g/mol. The third-order valence-electron chi connectivity index (χ3n) is 3.65. The molecule has 0 aromatic carbocycles. The molecule has 2 N–H and O–H groups in total. The van der Waals surface area contributed by atoms with Crippen molar-refractivity contribution >= 4 is 17.2 Å². The Hall–Kier alpha value is -0.940. The molecule has 2 heterocycles. The Bertz CT molecular complexity index is 416. The molecule has 98 valence electrons. The predicted molar refractivity (Wildman–Crippen MR) is 71.9 cm³/mol. The summed E-state index contributed by atoms with van der Waals surface area (Å²) < 4.78 is 0. The van der Waals surface area contributed by atoms with Crippen LogP contribution < -0.4 is 10.6 Å². The molecule has 0 bridgehead atoms. The first-order valence-corrected chi connectivity index (χ1v) is 7.63. The maximum Gasteiger partial charge on any atom is 0.237 e. The van der Waals surface area contributed by atoms with Crippen LogP contribution in [0.1, 0.15) is 34.8 Å². The molecule has 4 nitrogen and oxygen atoms in total. The van der Waals surface area contributed by atoms with Gasteiger partial charge in [0.25, 0.3) is 0 Å². The largest absolute Gasteiger partial charge is 0.354 e. The Morgan fingerprint density at radius 1 is 1.44 bits per heavy atom. The normalized spacial score (nSPS) is 22.1. The van der Waals surface area contributed by atoms with Gasteiger partial charge in [0, 0.05) is 17.8 Å². The highest BCUT2D eigenvalue weighted by Gasteiger charge is 2.21. The van der Waals surface area contributed by atoms with E-state index in [4.69, 9.17) is 0 Å². The zero-order valence-corrected chi connectivity index (χ0v) is 11.3. The van der Waals surface area contributed by atoms with Gasteiger partial charge in [-0.3, -0.25) is 4.79 Å². The molecule has 3 rings (SSSR count). The van der Waals surface area contributed by atoms with Crippen LogP contribution in [-0.2, 0) is 24.1 Å². The van der Waals surface area contributed by atoms with Gasteiger partial charge in [-0.25, -0.2) is 4.98 Å². The highest BCUT2D eigenvalue weighted by Crippen LogP contribution is 2.27. The van der Waals surface area contributed by atoms with Crippen molar-refractivity contribution in [2.75, 3.05) is 13.1 Å². The van der Waals surface area contributed by atoms with Gasteiger partial charge in [-0.1, -0.05) is 0 Å².